The van der Waals surface area contributed by atoms with Crippen LogP contribution in [0, 0.1) is 11.6 Å². The first-order chi connectivity index (χ1) is 9.08. The maximum Gasteiger partial charge on any atom is 0.254 e. The van der Waals surface area contributed by atoms with Crippen LogP contribution >= 0.6 is 11.6 Å². The van der Waals surface area contributed by atoms with Crippen LogP contribution in [0.25, 0.3) is 0 Å². The van der Waals surface area contributed by atoms with Gasteiger partial charge in [-0.1, -0.05) is 11.6 Å². The van der Waals surface area contributed by atoms with Crippen molar-refractivity contribution < 1.29 is 18.3 Å². The third-order valence-corrected chi connectivity index (χ3v) is 3.04. The van der Waals surface area contributed by atoms with Gasteiger partial charge < -0.3 is 15.4 Å². The summed E-state index contributed by atoms with van der Waals surface area (Å²) in [5.41, 5.74) is -0.370. The molecule has 1 saturated heterocycles. The topological polar surface area (TPSA) is 50.4 Å². The Hall–Kier alpha value is -1.24. The number of nitrogens with one attached hydrogen (secondary N) is 2. The molecule has 2 rings (SSSR count). The molecule has 1 heterocycles. The number of hydrogen-bond donors (Lipinski definition) is 2. The lowest BCUT2D eigenvalue weighted by Crippen LogP contribution is -2.45. The van der Waals surface area contributed by atoms with Gasteiger partial charge in [0.2, 0.25) is 0 Å². The van der Waals surface area contributed by atoms with Crippen molar-refractivity contribution in [3.05, 3.63) is 34.4 Å². The van der Waals surface area contributed by atoms with Crippen molar-refractivity contribution in [2.24, 2.45) is 0 Å². The highest BCUT2D eigenvalue weighted by molar-refractivity contribution is 6.30. The van der Waals surface area contributed by atoms with E-state index in [0.29, 0.717) is 13.2 Å². The molecule has 4 nitrogen and oxygen atoms in total. The molecule has 19 heavy (non-hydrogen) atoms. The largest absolute Gasteiger partial charge is 0.374 e. The van der Waals surface area contributed by atoms with Crippen LogP contribution in [-0.4, -0.2) is 38.3 Å². The quantitative estimate of drug-likeness (QED) is 0.826. The fourth-order valence-corrected chi connectivity index (χ4v) is 1.90. The van der Waals surface area contributed by atoms with Gasteiger partial charge in [0, 0.05) is 19.6 Å². The van der Waals surface area contributed by atoms with E-state index in [9.17, 15) is 13.6 Å². The van der Waals surface area contributed by atoms with Gasteiger partial charge in [0.15, 0.2) is 0 Å². The lowest BCUT2D eigenvalue weighted by atomic mass is 10.2. The van der Waals surface area contributed by atoms with Crippen molar-refractivity contribution in [3.63, 3.8) is 0 Å². The highest BCUT2D eigenvalue weighted by Crippen LogP contribution is 2.19. The summed E-state index contributed by atoms with van der Waals surface area (Å²) in [6.07, 6.45) is -0.169. The molecular formula is C12H13ClF2N2O2. The Morgan fingerprint density at radius 3 is 2.95 bits per heavy atom. The van der Waals surface area contributed by atoms with Gasteiger partial charge in [-0.25, -0.2) is 8.78 Å². The average Bonchev–Trinajstić information content (AvgIpc) is 2.41. The lowest BCUT2D eigenvalue weighted by Gasteiger charge is -2.23. The molecule has 1 aromatic carbocycles. The third kappa shape index (κ3) is 3.62. The Labute approximate surface area is 114 Å². The first-order valence-electron chi connectivity index (χ1n) is 5.83. The van der Waals surface area contributed by atoms with Gasteiger partial charge in [-0.05, 0) is 12.1 Å². The monoisotopic (exact) mass is 290 g/mol. The van der Waals surface area contributed by atoms with E-state index in [1.165, 1.54) is 0 Å². The number of carbonyl (C=O) groups is 1. The minimum Gasteiger partial charge on any atom is -0.374 e. The second-order valence-electron chi connectivity index (χ2n) is 4.15. The molecule has 0 aliphatic carbocycles. The number of benzene rings is 1. The molecule has 1 amide bonds. The minimum absolute atomic E-state index is 0.169. The predicted octanol–water partition coefficient (Wildman–Crippen LogP) is 1.34. The molecule has 0 saturated carbocycles. The summed E-state index contributed by atoms with van der Waals surface area (Å²) in [6, 6.07) is 1.57. The van der Waals surface area contributed by atoms with Gasteiger partial charge in [-0.15, -0.1) is 0 Å². The average molecular weight is 291 g/mol. The minimum atomic E-state index is -0.855. The Kier molecular flexibility index (Phi) is 4.68. The standard InChI is InChI=1S/C12H13ClF2N2O2/c13-9-4-10(14)8(3-11(9)15)12(18)17-6-7-5-16-1-2-19-7/h3-4,7,16H,1-2,5-6H2,(H,17,18). The first kappa shape index (κ1) is 14.2. The van der Waals surface area contributed by atoms with Crippen LogP contribution in [0.2, 0.25) is 5.02 Å². The predicted molar refractivity (Wildman–Crippen MR) is 66.3 cm³/mol. The number of rotatable bonds is 3. The fraction of sp³-hybridized carbons (Fsp3) is 0.417. The summed E-state index contributed by atoms with van der Waals surface area (Å²) in [7, 11) is 0. The van der Waals surface area contributed by atoms with Crippen molar-refractivity contribution in [1.29, 1.82) is 0 Å². The van der Waals surface area contributed by atoms with Gasteiger partial charge in [0.05, 0.1) is 23.3 Å². The zero-order chi connectivity index (χ0) is 13.8. The molecule has 0 aromatic heterocycles. The molecule has 0 radical (unpaired) electrons. The molecule has 1 unspecified atom stereocenters. The maximum atomic E-state index is 13.5. The van der Waals surface area contributed by atoms with E-state index in [-0.39, 0.29) is 23.2 Å². The van der Waals surface area contributed by atoms with Crippen LogP contribution < -0.4 is 10.6 Å². The number of carbonyl (C=O) groups excluding carboxylic acids is 1. The SMILES string of the molecule is O=C(NCC1CNCCO1)c1cc(F)c(Cl)cc1F. The fourth-order valence-electron chi connectivity index (χ4n) is 1.75. The highest BCUT2D eigenvalue weighted by Gasteiger charge is 2.18. The summed E-state index contributed by atoms with van der Waals surface area (Å²) in [5.74, 6) is -2.38. The molecule has 1 fully saturated rings. The van der Waals surface area contributed by atoms with E-state index < -0.39 is 17.5 Å². The van der Waals surface area contributed by atoms with Crippen LogP contribution in [0.1, 0.15) is 10.4 Å². The van der Waals surface area contributed by atoms with Crippen molar-refractivity contribution in [1.82, 2.24) is 10.6 Å². The number of amides is 1. The van der Waals surface area contributed by atoms with E-state index in [0.717, 1.165) is 18.7 Å². The molecule has 7 heteroatoms. The second-order valence-corrected chi connectivity index (χ2v) is 4.56. The van der Waals surface area contributed by atoms with E-state index >= 15 is 0 Å². The highest BCUT2D eigenvalue weighted by atomic mass is 35.5. The van der Waals surface area contributed by atoms with Gasteiger partial charge in [0.25, 0.3) is 5.91 Å². The smallest absolute Gasteiger partial charge is 0.254 e. The van der Waals surface area contributed by atoms with Crippen molar-refractivity contribution >= 4 is 17.5 Å². The normalized spacial score (nSPS) is 19.2. The van der Waals surface area contributed by atoms with Crippen LogP contribution in [-0.2, 0) is 4.74 Å². The Morgan fingerprint density at radius 2 is 2.26 bits per heavy atom. The maximum absolute atomic E-state index is 13.5. The Balaban J connectivity index is 1.97. The van der Waals surface area contributed by atoms with Crippen molar-refractivity contribution in [2.75, 3.05) is 26.2 Å². The van der Waals surface area contributed by atoms with Crippen molar-refractivity contribution in [3.8, 4) is 0 Å². The molecule has 1 aliphatic heterocycles. The van der Waals surface area contributed by atoms with E-state index in [1.54, 1.807) is 0 Å². The number of hydrogen-bond acceptors (Lipinski definition) is 3. The van der Waals surface area contributed by atoms with Crippen LogP contribution in [0.4, 0.5) is 8.78 Å². The lowest BCUT2D eigenvalue weighted by molar-refractivity contribution is 0.0287. The number of morpholine rings is 1. The molecule has 2 N–H and O–H groups in total. The van der Waals surface area contributed by atoms with Gasteiger partial charge in [-0.3, -0.25) is 4.79 Å². The van der Waals surface area contributed by atoms with Gasteiger partial charge in [-0.2, -0.15) is 0 Å². The molecule has 104 valence electrons. The summed E-state index contributed by atoms with van der Waals surface area (Å²) >= 11 is 5.41. The van der Waals surface area contributed by atoms with Crippen LogP contribution in [0.15, 0.2) is 12.1 Å². The second kappa shape index (κ2) is 6.27. The number of halogens is 3. The van der Waals surface area contributed by atoms with E-state index in [1.807, 2.05) is 0 Å². The molecular weight excluding hydrogens is 278 g/mol. The Morgan fingerprint density at radius 1 is 1.47 bits per heavy atom. The van der Waals surface area contributed by atoms with Crippen molar-refractivity contribution in [2.45, 2.75) is 6.10 Å². The van der Waals surface area contributed by atoms with Gasteiger partial charge in [0.1, 0.15) is 11.6 Å². The zero-order valence-corrected chi connectivity index (χ0v) is 10.8. The van der Waals surface area contributed by atoms with E-state index in [4.69, 9.17) is 16.3 Å². The summed E-state index contributed by atoms with van der Waals surface area (Å²) < 4.78 is 32.1. The zero-order valence-electron chi connectivity index (χ0n) is 10.0. The van der Waals surface area contributed by atoms with E-state index in [2.05, 4.69) is 10.6 Å². The molecule has 1 aromatic rings. The van der Waals surface area contributed by atoms with Gasteiger partial charge >= 0.3 is 0 Å². The van der Waals surface area contributed by atoms with Crippen LogP contribution in [0.5, 0.6) is 0 Å². The third-order valence-electron chi connectivity index (χ3n) is 2.75. The molecule has 0 spiro atoms. The summed E-state index contributed by atoms with van der Waals surface area (Å²) in [4.78, 5) is 11.7. The molecule has 1 atom stereocenters. The first-order valence-corrected chi connectivity index (χ1v) is 6.21. The Bertz CT molecular complexity index is 479. The molecule has 0 bridgehead atoms. The molecule has 1 aliphatic rings. The summed E-state index contributed by atoms with van der Waals surface area (Å²) in [6.45, 7) is 2.17. The summed E-state index contributed by atoms with van der Waals surface area (Å²) in [5, 5.41) is 5.25. The number of ether oxygens (including phenoxy) is 1. The van der Waals surface area contributed by atoms with Crippen LogP contribution in [0.3, 0.4) is 0 Å².